The minimum Gasteiger partial charge on any atom is -0.384 e. The van der Waals surface area contributed by atoms with Gasteiger partial charge in [-0.1, -0.05) is 20.8 Å². The second-order valence-corrected chi connectivity index (χ2v) is 5.60. The van der Waals surface area contributed by atoms with Gasteiger partial charge >= 0.3 is 0 Å². The van der Waals surface area contributed by atoms with Crippen molar-refractivity contribution in [3.8, 4) is 0 Å². The van der Waals surface area contributed by atoms with Gasteiger partial charge in [0.05, 0.1) is 6.04 Å². The number of aromatic nitrogens is 2. The summed E-state index contributed by atoms with van der Waals surface area (Å²) < 4.78 is 0. The first-order chi connectivity index (χ1) is 8.34. The van der Waals surface area contributed by atoms with Gasteiger partial charge in [0.2, 0.25) is 5.91 Å². The Morgan fingerprint density at radius 3 is 2.72 bits per heavy atom. The lowest BCUT2D eigenvalue weighted by Crippen LogP contribution is -2.24. The Morgan fingerprint density at radius 1 is 1.44 bits per heavy atom. The average Bonchev–Trinajstić information content (AvgIpc) is 2.61. The Kier molecular flexibility index (Phi) is 3.11. The summed E-state index contributed by atoms with van der Waals surface area (Å²) in [6.07, 6.45) is 0.467. The molecule has 0 aliphatic carbocycles. The minimum absolute atomic E-state index is 0.0607. The maximum atomic E-state index is 11.1. The predicted octanol–water partition coefficient (Wildman–Crippen LogP) is 0.657. The van der Waals surface area contributed by atoms with Crippen LogP contribution in [0.1, 0.15) is 33.0 Å². The van der Waals surface area contributed by atoms with Crippen molar-refractivity contribution in [3.63, 3.8) is 0 Å². The van der Waals surface area contributed by atoms with Gasteiger partial charge in [-0.3, -0.25) is 4.79 Å². The van der Waals surface area contributed by atoms with Gasteiger partial charge in [0.1, 0.15) is 17.5 Å². The molecule has 0 bridgehead atoms. The third-order valence-electron chi connectivity index (χ3n) is 2.75. The summed E-state index contributed by atoms with van der Waals surface area (Å²) in [5, 5.41) is 5.98. The normalized spacial score (nSPS) is 19.7. The largest absolute Gasteiger partial charge is 0.384 e. The van der Waals surface area contributed by atoms with Crippen LogP contribution in [0.25, 0.3) is 0 Å². The molecule has 1 atom stereocenters. The van der Waals surface area contributed by atoms with E-state index in [4.69, 9.17) is 5.73 Å². The molecule has 0 radical (unpaired) electrons. The molecule has 2 rings (SSSR count). The molecule has 1 aromatic heterocycles. The number of rotatable bonds is 2. The fourth-order valence-electron chi connectivity index (χ4n) is 1.79. The van der Waals surface area contributed by atoms with Crippen LogP contribution in [0, 0.1) is 0 Å². The molecule has 0 spiro atoms. The van der Waals surface area contributed by atoms with Crippen LogP contribution in [0.5, 0.6) is 0 Å². The first-order valence-corrected chi connectivity index (χ1v) is 6.03. The van der Waals surface area contributed by atoms with Crippen LogP contribution >= 0.6 is 0 Å². The van der Waals surface area contributed by atoms with Crippen molar-refractivity contribution in [2.24, 2.45) is 0 Å². The van der Waals surface area contributed by atoms with Gasteiger partial charge in [-0.15, -0.1) is 0 Å². The quantitative estimate of drug-likeness (QED) is 0.716. The number of hydrogen-bond donors (Lipinski definition) is 3. The number of carbonyl (C=O) groups is 1. The maximum absolute atomic E-state index is 11.1. The van der Waals surface area contributed by atoms with E-state index in [0.717, 1.165) is 0 Å². The summed E-state index contributed by atoms with van der Waals surface area (Å²) in [6, 6.07) is 1.76. The molecule has 0 saturated carbocycles. The Hall–Kier alpha value is -1.85. The number of hydrogen-bond acceptors (Lipinski definition) is 5. The van der Waals surface area contributed by atoms with Crippen molar-refractivity contribution >= 4 is 17.5 Å². The Morgan fingerprint density at radius 2 is 2.17 bits per heavy atom. The fourth-order valence-corrected chi connectivity index (χ4v) is 1.79. The summed E-state index contributed by atoms with van der Waals surface area (Å²) >= 11 is 0. The summed E-state index contributed by atoms with van der Waals surface area (Å²) in [6.45, 7) is 6.72. The van der Waals surface area contributed by atoms with E-state index in [2.05, 4.69) is 20.6 Å². The summed E-state index contributed by atoms with van der Waals surface area (Å²) in [5.74, 6) is 1.87. The molecule has 1 saturated heterocycles. The molecule has 1 aromatic rings. The van der Waals surface area contributed by atoms with Crippen LogP contribution in [0.15, 0.2) is 6.07 Å². The molecule has 6 nitrogen and oxygen atoms in total. The van der Waals surface area contributed by atoms with Gasteiger partial charge in [0, 0.05) is 24.4 Å². The number of carbonyl (C=O) groups excluding carboxylic acids is 1. The van der Waals surface area contributed by atoms with Gasteiger partial charge in [-0.05, 0) is 0 Å². The van der Waals surface area contributed by atoms with Crippen LogP contribution in [0.2, 0.25) is 0 Å². The molecule has 4 N–H and O–H groups in total. The third-order valence-corrected chi connectivity index (χ3v) is 2.75. The summed E-state index contributed by atoms with van der Waals surface area (Å²) in [4.78, 5) is 19.8. The molecule has 18 heavy (non-hydrogen) atoms. The fraction of sp³-hybridized carbons (Fsp3) is 0.583. The van der Waals surface area contributed by atoms with Crippen molar-refractivity contribution in [2.75, 3.05) is 17.6 Å². The molecule has 6 heteroatoms. The highest BCUT2D eigenvalue weighted by molar-refractivity contribution is 5.79. The highest BCUT2D eigenvalue weighted by atomic mass is 16.1. The van der Waals surface area contributed by atoms with Gasteiger partial charge in [-0.2, -0.15) is 0 Å². The van der Waals surface area contributed by atoms with Crippen LogP contribution in [-0.4, -0.2) is 28.5 Å². The maximum Gasteiger partial charge on any atom is 0.222 e. The Bertz CT molecular complexity index is 466. The topological polar surface area (TPSA) is 92.9 Å². The number of anilines is 2. The highest BCUT2D eigenvalue weighted by Gasteiger charge is 2.23. The van der Waals surface area contributed by atoms with E-state index in [0.29, 0.717) is 30.4 Å². The number of amides is 1. The third kappa shape index (κ3) is 2.88. The van der Waals surface area contributed by atoms with Crippen LogP contribution < -0.4 is 16.4 Å². The number of nitrogens with zero attached hydrogens (tertiary/aromatic N) is 2. The molecule has 1 aliphatic rings. The van der Waals surface area contributed by atoms with Crippen molar-refractivity contribution < 1.29 is 4.79 Å². The number of nitrogens with one attached hydrogen (secondary N) is 2. The van der Waals surface area contributed by atoms with E-state index < -0.39 is 0 Å². The standard InChI is InChI=1S/C12H19N5O/c1-12(2,3)11-16-8(13)5-9(17-11)15-7-4-10(18)14-6-7/h5,7H,4,6H2,1-3H3,(H,14,18)(H3,13,15,16,17). The van der Waals surface area contributed by atoms with Gasteiger partial charge in [0.25, 0.3) is 0 Å². The molecule has 1 fully saturated rings. The van der Waals surface area contributed by atoms with Crippen molar-refractivity contribution in [1.29, 1.82) is 0 Å². The zero-order valence-corrected chi connectivity index (χ0v) is 10.9. The molecule has 1 aliphatic heterocycles. The van der Waals surface area contributed by atoms with Crippen LogP contribution in [0.3, 0.4) is 0 Å². The SMILES string of the molecule is CC(C)(C)c1nc(N)cc(NC2CNC(=O)C2)n1. The average molecular weight is 249 g/mol. The lowest BCUT2D eigenvalue weighted by Gasteiger charge is -2.19. The molecule has 1 amide bonds. The number of nitrogen functional groups attached to an aromatic ring is 1. The van der Waals surface area contributed by atoms with Crippen LogP contribution in [-0.2, 0) is 10.2 Å². The second kappa shape index (κ2) is 4.44. The number of nitrogens with two attached hydrogens (primary N) is 1. The van der Waals surface area contributed by atoms with E-state index in [-0.39, 0.29) is 17.4 Å². The van der Waals surface area contributed by atoms with E-state index in [1.165, 1.54) is 0 Å². The zero-order valence-electron chi connectivity index (χ0n) is 10.9. The summed E-state index contributed by atoms with van der Waals surface area (Å²) in [7, 11) is 0. The summed E-state index contributed by atoms with van der Waals surface area (Å²) in [5.41, 5.74) is 5.63. The second-order valence-electron chi connectivity index (χ2n) is 5.60. The van der Waals surface area contributed by atoms with Crippen molar-refractivity contribution in [1.82, 2.24) is 15.3 Å². The van der Waals surface area contributed by atoms with E-state index in [1.807, 2.05) is 20.8 Å². The molecule has 1 unspecified atom stereocenters. The lowest BCUT2D eigenvalue weighted by molar-refractivity contribution is -0.119. The van der Waals surface area contributed by atoms with Gasteiger partial charge < -0.3 is 16.4 Å². The van der Waals surface area contributed by atoms with Crippen molar-refractivity contribution in [3.05, 3.63) is 11.9 Å². The highest BCUT2D eigenvalue weighted by Crippen LogP contribution is 2.21. The monoisotopic (exact) mass is 249 g/mol. The molecule has 98 valence electrons. The van der Waals surface area contributed by atoms with Gasteiger partial charge in [0.15, 0.2) is 0 Å². The smallest absolute Gasteiger partial charge is 0.222 e. The first kappa shape index (κ1) is 12.6. The van der Waals surface area contributed by atoms with Crippen LogP contribution in [0.4, 0.5) is 11.6 Å². The molecule has 2 heterocycles. The van der Waals surface area contributed by atoms with E-state index in [9.17, 15) is 4.79 Å². The molecule has 0 aromatic carbocycles. The van der Waals surface area contributed by atoms with Gasteiger partial charge in [-0.25, -0.2) is 9.97 Å². The Balaban J connectivity index is 2.18. The molecular weight excluding hydrogens is 230 g/mol. The van der Waals surface area contributed by atoms with E-state index >= 15 is 0 Å². The molecular formula is C12H19N5O. The van der Waals surface area contributed by atoms with Crippen molar-refractivity contribution in [2.45, 2.75) is 38.6 Å². The lowest BCUT2D eigenvalue weighted by atomic mass is 9.96. The predicted molar refractivity (Wildman–Crippen MR) is 70.2 cm³/mol. The van der Waals surface area contributed by atoms with E-state index in [1.54, 1.807) is 6.07 Å². The Labute approximate surface area is 106 Å². The zero-order chi connectivity index (χ0) is 13.3. The minimum atomic E-state index is -0.157. The first-order valence-electron chi connectivity index (χ1n) is 6.03.